The Morgan fingerprint density at radius 2 is 2.18 bits per heavy atom. The molecule has 0 aromatic heterocycles. The van der Waals surface area contributed by atoms with Crippen LogP contribution in [0.1, 0.15) is 40.0 Å². The number of likely N-dealkylation sites (tertiary alicyclic amines) is 1. The fourth-order valence-electron chi connectivity index (χ4n) is 2.07. The largest absolute Gasteiger partial charge is 0.342 e. The first-order chi connectivity index (χ1) is 7.84. The van der Waals surface area contributed by atoms with E-state index in [1.54, 1.807) is 0 Å². The third-order valence-corrected chi connectivity index (χ3v) is 3.43. The van der Waals surface area contributed by atoms with E-state index in [-0.39, 0.29) is 17.2 Å². The fourth-order valence-corrected chi connectivity index (χ4v) is 2.07. The summed E-state index contributed by atoms with van der Waals surface area (Å²) in [4.78, 5) is 24.6. The highest BCUT2D eigenvalue weighted by atomic mass is 16.2. The van der Waals surface area contributed by atoms with Crippen molar-refractivity contribution in [2.45, 2.75) is 40.0 Å². The highest BCUT2D eigenvalue weighted by Gasteiger charge is 2.36. The van der Waals surface area contributed by atoms with Gasteiger partial charge in [-0.25, -0.2) is 5.84 Å². The van der Waals surface area contributed by atoms with Crippen molar-refractivity contribution in [3.8, 4) is 0 Å². The second-order valence-corrected chi connectivity index (χ2v) is 5.78. The lowest BCUT2D eigenvalue weighted by molar-refractivity contribution is -0.128. The number of nitrogens with two attached hydrogens (primary N) is 1. The van der Waals surface area contributed by atoms with Crippen molar-refractivity contribution in [1.82, 2.24) is 10.3 Å². The summed E-state index contributed by atoms with van der Waals surface area (Å²) in [6.07, 6.45) is 1.68. The minimum absolute atomic E-state index is 0.166. The Morgan fingerprint density at radius 1 is 1.53 bits per heavy atom. The van der Waals surface area contributed by atoms with E-state index in [2.05, 4.69) is 26.2 Å². The summed E-state index contributed by atoms with van der Waals surface area (Å²) in [5, 5.41) is 0. The Morgan fingerprint density at radius 3 is 2.65 bits per heavy atom. The van der Waals surface area contributed by atoms with Gasteiger partial charge in [-0.2, -0.15) is 0 Å². The third kappa shape index (κ3) is 4.00. The van der Waals surface area contributed by atoms with E-state index in [0.29, 0.717) is 31.7 Å². The van der Waals surface area contributed by atoms with E-state index in [1.807, 2.05) is 4.90 Å². The lowest BCUT2D eigenvalue weighted by Gasteiger charge is -2.26. The summed E-state index contributed by atoms with van der Waals surface area (Å²) in [7, 11) is 0. The van der Waals surface area contributed by atoms with Gasteiger partial charge >= 0.3 is 0 Å². The smallest absolute Gasteiger partial charge is 0.233 e. The molecule has 1 fully saturated rings. The molecule has 1 heterocycles. The van der Waals surface area contributed by atoms with Crippen LogP contribution in [-0.4, -0.2) is 29.8 Å². The predicted molar refractivity (Wildman–Crippen MR) is 65.7 cm³/mol. The van der Waals surface area contributed by atoms with Crippen LogP contribution in [0, 0.1) is 11.3 Å². The van der Waals surface area contributed by atoms with Gasteiger partial charge in [0.25, 0.3) is 0 Å². The van der Waals surface area contributed by atoms with Gasteiger partial charge in [-0.05, 0) is 17.8 Å². The number of amides is 2. The SMILES string of the molecule is CC(C)(C)C1CC(=O)N(CCCC(=O)NN)C1. The number of hydrogen-bond donors (Lipinski definition) is 2. The van der Waals surface area contributed by atoms with Gasteiger partial charge in [-0.15, -0.1) is 0 Å². The Labute approximate surface area is 103 Å². The average molecular weight is 241 g/mol. The van der Waals surface area contributed by atoms with Crippen molar-refractivity contribution in [3.05, 3.63) is 0 Å². The Kier molecular flexibility index (Phi) is 4.51. The molecule has 1 unspecified atom stereocenters. The standard InChI is InChI=1S/C12H23N3O2/c1-12(2,3)9-7-11(17)15(8-9)6-4-5-10(16)14-13/h9H,4-8,13H2,1-3H3,(H,14,16). The molecule has 1 saturated heterocycles. The molecule has 17 heavy (non-hydrogen) atoms. The molecule has 0 bridgehead atoms. The van der Waals surface area contributed by atoms with Crippen LogP contribution in [0.25, 0.3) is 0 Å². The summed E-state index contributed by atoms with van der Waals surface area (Å²) < 4.78 is 0. The number of hydrazine groups is 1. The first-order valence-corrected chi connectivity index (χ1v) is 6.12. The maximum atomic E-state index is 11.8. The van der Waals surface area contributed by atoms with Crippen molar-refractivity contribution < 1.29 is 9.59 Å². The molecule has 0 aromatic carbocycles. The van der Waals surface area contributed by atoms with E-state index >= 15 is 0 Å². The molecule has 98 valence electrons. The van der Waals surface area contributed by atoms with Gasteiger partial charge in [0.1, 0.15) is 0 Å². The Balaban J connectivity index is 2.36. The molecule has 0 aromatic rings. The van der Waals surface area contributed by atoms with Crippen LogP contribution in [0.4, 0.5) is 0 Å². The van der Waals surface area contributed by atoms with Gasteiger partial charge in [-0.3, -0.25) is 15.0 Å². The molecule has 1 atom stereocenters. The van der Waals surface area contributed by atoms with E-state index in [0.717, 1.165) is 6.54 Å². The minimum atomic E-state index is -0.177. The predicted octanol–water partition coefficient (Wildman–Crippen LogP) is 0.651. The molecule has 1 aliphatic rings. The van der Waals surface area contributed by atoms with Gasteiger partial charge in [0.05, 0.1) is 0 Å². The van der Waals surface area contributed by atoms with Crippen molar-refractivity contribution in [2.75, 3.05) is 13.1 Å². The Hall–Kier alpha value is -1.10. The molecule has 2 amide bonds. The number of nitrogens with one attached hydrogen (secondary N) is 1. The summed E-state index contributed by atoms with van der Waals surface area (Å²) >= 11 is 0. The van der Waals surface area contributed by atoms with Crippen molar-refractivity contribution in [3.63, 3.8) is 0 Å². The second-order valence-electron chi connectivity index (χ2n) is 5.78. The zero-order valence-electron chi connectivity index (χ0n) is 11.0. The second kappa shape index (κ2) is 5.49. The van der Waals surface area contributed by atoms with Crippen LogP contribution in [0.5, 0.6) is 0 Å². The average Bonchev–Trinajstić information content (AvgIpc) is 2.60. The maximum Gasteiger partial charge on any atom is 0.233 e. The molecule has 1 rings (SSSR count). The maximum absolute atomic E-state index is 11.8. The van der Waals surface area contributed by atoms with E-state index in [9.17, 15) is 9.59 Å². The summed E-state index contributed by atoms with van der Waals surface area (Å²) in [6.45, 7) is 7.95. The molecular weight excluding hydrogens is 218 g/mol. The normalized spacial score (nSPS) is 20.8. The number of carbonyl (C=O) groups is 2. The lowest BCUT2D eigenvalue weighted by atomic mass is 9.80. The molecule has 0 spiro atoms. The van der Waals surface area contributed by atoms with Gasteiger partial charge in [0, 0.05) is 25.9 Å². The molecule has 5 heteroatoms. The van der Waals surface area contributed by atoms with Gasteiger partial charge < -0.3 is 4.90 Å². The van der Waals surface area contributed by atoms with E-state index < -0.39 is 0 Å². The highest BCUT2D eigenvalue weighted by molar-refractivity contribution is 5.79. The first kappa shape index (κ1) is 14.0. The van der Waals surface area contributed by atoms with Gasteiger partial charge in [0.15, 0.2) is 0 Å². The van der Waals surface area contributed by atoms with Crippen molar-refractivity contribution >= 4 is 11.8 Å². The lowest BCUT2D eigenvalue weighted by Crippen LogP contribution is -2.32. The molecule has 1 aliphatic heterocycles. The number of carbonyl (C=O) groups excluding carboxylic acids is 2. The van der Waals surface area contributed by atoms with Crippen LogP contribution >= 0.6 is 0 Å². The molecular formula is C12H23N3O2. The monoisotopic (exact) mass is 241 g/mol. The molecule has 0 saturated carbocycles. The van der Waals surface area contributed by atoms with E-state index in [4.69, 9.17) is 5.84 Å². The molecule has 3 N–H and O–H groups in total. The summed E-state index contributed by atoms with van der Waals surface area (Å²) in [6, 6.07) is 0. The van der Waals surface area contributed by atoms with Crippen LogP contribution in [0.2, 0.25) is 0 Å². The topological polar surface area (TPSA) is 75.4 Å². The molecule has 0 radical (unpaired) electrons. The number of hydrogen-bond acceptors (Lipinski definition) is 3. The number of rotatable bonds is 4. The summed E-state index contributed by atoms with van der Waals surface area (Å²) in [5.74, 6) is 5.44. The zero-order valence-corrected chi connectivity index (χ0v) is 11.0. The van der Waals surface area contributed by atoms with E-state index in [1.165, 1.54) is 0 Å². The van der Waals surface area contributed by atoms with Gasteiger partial charge in [-0.1, -0.05) is 20.8 Å². The molecule has 0 aliphatic carbocycles. The Bertz CT molecular complexity index is 297. The van der Waals surface area contributed by atoms with Crippen molar-refractivity contribution in [2.24, 2.45) is 17.2 Å². The number of nitrogens with zero attached hydrogens (tertiary/aromatic N) is 1. The van der Waals surface area contributed by atoms with Crippen molar-refractivity contribution in [1.29, 1.82) is 0 Å². The highest BCUT2D eigenvalue weighted by Crippen LogP contribution is 2.34. The first-order valence-electron chi connectivity index (χ1n) is 6.12. The third-order valence-electron chi connectivity index (χ3n) is 3.43. The zero-order chi connectivity index (χ0) is 13.1. The van der Waals surface area contributed by atoms with Gasteiger partial charge in [0.2, 0.25) is 11.8 Å². The van der Waals surface area contributed by atoms with Crippen LogP contribution < -0.4 is 11.3 Å². The van der Waals surface area contributed by atoms with Crippen LogP contribution in [0.15, 0.2) is 0 Å². The quantitative estimate of drug-likeness (QED) is 0.431. The fraction of sp³-hybridized carbons (Fsp3) is 0.833. The van der Waals surface area contributed by atoms with Crippen LogP contribution in [-0.2, 0) is 9.59 Å². The molecule has 5 nitrogen and oxygen atoms in total. The summed E-state index contributed by atoms with van der Waals surface area (Å²) in [5.41, 5.74) is 2.26. The van der Waals surface area contributed by atoms with Crippen LogP contribution in [0.3, 0.4) is 0 Å². The minimum Gasteiger partial charge on any atom is -0.342 e.